The summed E-state index contributed by atoms with van der Waals surface area (Å²) in [7, 11) is 0. The van der Waals surface area contributed by atoms with E-state index in [0.29, 0.717) is 13.1 Å². The molecule has 142 valence electrons. The molecule has 4 rings (SSSR count). The van der Waals surface area contributed by atoms with Crippen LogP contribution < -0.4 is 4.74 Å². The lowest BCUT2D eigenvalue weighted by molar-refractivity contribution is -0.133. The van der Waals surface area contributed by atoms with Crippen LogP contribution in [0.3, 0.4) is 0 Å². The van der Waals surface area contributed by atoms with Crippen molar-refractivity contribution in [2.45, 2.75) is 45.4 Å². The van der Waals surface area contributed by atoms with Crippen LogP contribution in [-0.2, 0) is 17.9 Å². The maximum absolute atomic E-state index is 12.3. The quantitative estimate of drug-likeness (QED) is 0.820. The number of aromatic nitrogens is 1. The molecule has 0 aliphatic carbocycles. The van der Waals surface area contributed by atoms with Crippen LogP contribution in [0.25, 0.3) is 0 Å². The van der Waals surface area contributed by atoms with Gasteiger partial charge in [0.2, 0.25) is 5.91 Å². The third-order valence-electron chi connectivity index (χ3n) is 5.58. The normalized spacial score (nSPS) is 22.8. The van der Waals surface area contributed by atoms with Gasteiger partial charge in [0.1, 0.15) is 11.4 Å². The zero-order valence-electron chi connectivity index (χ0n) is 16.1. The Morgan fingerprint density at radius 1 is 1.30 bits per heavy atom. The first-order valence-corrected chi connectivity index (χ1v) is 9.68. The molecule has 1 unspecified atom stereocenters. The van der Waals surface area contributed by atoms with Crippen LogP contribution in [0.15, 0.2) is 42.7 Å². The predicted molar refractivity (Wildman–Crippen MR) is 104 cm³/mol. The molecule has 2 aromatic rings. The number of amides is 1. The van der Waals surface area contributed by atoms with Crippen molar-refractivity contribution in [3.8, 4) is 5.75 Å². The molecule has 0 N–H and O–H groups in total. The largest absolute Gasteiger partial charge is 0.484 e. The van der Waals surface area contributed by atoms with E-state index in [1.807, 2.05) is 17.2 Å². The first-order chi connectivity index (χ1) is 13.0. The number of pyridine rings is 1. The second kappa shape index (κ2) is 7.31. The summed E-state index contributed by atoms with van der Waals surface area (Å²) in [6, 6.07) is 10.4. The summed E-state index contributed by atoms with van der Waals surface area (Å²) in [4.78, 5) is 20.9. The van der Waals surface area contributed by atoms with Crippen LogP contribution in [0.4, 0.5) is 0 Å². The lowest BCUT2D eigenvalue weighted by Gasteiger charge is -2.43. The maximum atomic E-state index is 12.3. The third-order valence-corrected chi connectivity index (χ3v) is 5.58. The summed E-state index contributed by atoms with van der Waals surface area (Å²) in [5.74, 6) is 1.03. The summed E-state index contributed by atoms with van der Waals surface area (Å²) >= 11 is 0. The predicted octanol–water partition coefficient (Wildman–Crippen LogP) is 3.17. The molecule has 1 aromatic heterocycles. The van der Waals surface area contributed by atoms with Crippen molar-refractivity contribution in [1.82, 2.24) is 14.8 Å². The van der Waals surface area contributed by atoms with Gasteiger partial charge < -0.3 is 9.64 Å². The summed E-state index contributed by atoms with van der Waals surface area (Å²) in [6.07, 6.45) is 5.76. The number of likely N-dealkylation sites (tertiary alicyclic amines) is 1. The molecular weight excluding hydrogens is 338 g/mol. The fourth-order valence-electron chi connectivity index (χ4n) is 4.32. The van der Waals surface area contributed by atoms with E-state index in [0.717, 1.165) is 43.8 Å². The van der Waals surface area contributed by atoms with Crippen LogP contribution in [0, 0.1) is 6.92 Å². The fourth-order valence-corrected chi connectivity index (χ4v) is 4.32. The van der Waals surface area contributed by atoms with E-state index < -0.39 is 0 Å². The number of fused-ring (bicyclic) bond motifs is 1. The van der Waals surface area contributed by atoms with Crippen LogP contribution in [0.2, 0.25) is 0 Å². The van der Waals surface area contributed by atoms with Crippen LogP contribution >= 0.6 is 0 Å². The van der Waals surface area contributed by atoms with Crippen molar-refractivity contribution in [2.75, 3.05) is 19.6 Å². The molecular formula is C22H27N3O2. The SMILES string of the molecule is CC(=O)N1Cc2cc(C)ccc2OC2(CCCN(Cc3cccnc3)C2)C1. The van der Waals surface area contributed by atoms with Crippen molar-refractivity contribution >= 4 is 5.91 Å². The smallest absolute Gasteiger partial charge is 0.219 e. The number of rotatable bonds is 2. The molecule has 0 bridgehead atoms. The molecule has 1 spiro atoms. The molecule has 0 radical (unpaired) electrons. The average Bonchev–Trinajstić information content (AvgIpc) is 2.79. The van der Waals surface area contributed by atoms with E-state index in [4.69, 9.17) is 4.74 Å². The number of piperidine rings is 1. The van der Waals surface area contributed by atoms with E-state index in [1.54, 1.807) is 13.1 Å². The van der Waals surface area contributed by atoms with Gasteiger partial charge in [-0.2, -0.15) is 0 Å². The molecule has 1 saturated heterocycles. The summed E-state index contributed by atoms with van der Waals surface area (Å²) < 4.78 is 6.64. The first kappa shape index (κ1) is 18.0. The van der Waals surface area contributed by atoms with Gasteiger partial charge in [-0.25, -0.2) is 0 Å². The molecule has 1 atom stereocenters. The lowest BCUT2D eigenvalue weighted by Crippen LogP contribution is -2.57. The summed E-state index contributed by atoms with van der Waals surface area (Å²) in [5, 5.41) is 0. The molecule has 27 heavy (non-hydrogen) atoms. The monoisotopic (exact) mass is 365 g/mol. The van der Waals surface area contributed by atoms with Crippen molar-refractivity contribution in [2.24, 2.45) is 0 Å². The Morgan fingerprint density at radius 3 is 2.96 bits per heavy atom. The Morgan fingerprint density at radius 2 is 2.19 bits per heavy atom. The van der Waals surface area contributed by atoms with Gasteiger partial charge in [-0.1, -0.05) is 23.8 Å². The van der Waals surface area contributed by atoms with E-state index in [2.05, 4.69) is 41.1 Å². The molecule has 1 fully saturated rings. The van der Waals surface area contributed by atoms with Gasteiger partial charge in [-0.3, -0.25) is 14.7 Å². The Labute approximate surface area is 161 Å². The highest BCUT2D eigenvalue weighted by Crippen LogP contribution is 2.35. The zero-order valence-corrected chi connectivity index (χ0v) is 16.1. The van der Waals surface area contributed by atoms with E-state index in [1.165, 1.54) is 11.1 Å². The van der Waals surface area contributed by atoms with Crippen LogP contribution in [-0.4, -0.2) is 45.9 Å². The first-order valence-electron chi connectivity index (χ1n) is 9.68. The molecule has 2 aliphatic heterocycles. The van der Waals surface area contributed by atoms with Gasteiger partial charge in [0, 0.05) is 44.5 Å². The number of aryl methyl sites for hydroxylation is 1. The van der Waals surface area contributed by atoms with Crippen molar-refractivity contribution in [1.29, 1.82) is 0 Å². The molecule has 5 heteroatoms. The standard InChI is InChI=1S/C22H27N3O2/c1-17-6-7-21-20(11-17)14-25(18(2)26)16-22(27-21)8-4-10-24(15-22)13-19-5-3-9-23-12-19/h3,5-7,9,11-12H,4,8,10,13-16H2,1-2H3. The summed E-state index contributed by atoms with van der Waals surface area (Å²) in [6.45, 7) is 7.72. The summed E-state index contributed by atoms with van der Waals surface area (Å²) in [5.41, 5.74) is 3.15. The van der Waals surface area contributed by atoms with Gasteiger partial charge in [-0.15, -0.1) is 0 Å². The van der Waals surface area contributed by atoms with Crippen molar-refractivity contribution in [3.63, 3.8) is 0 Å². The number of nitrogens with zero attached hydrogens (tertiary/aromatic N) is 3. The number of hydrogen-bond donors (Lipinski definition) is 0. The van der Waals surface area contributed by atoms with Gasteiger partial charge >= 0.3 is 0 Å². The van der Waals surface area contributed by atoms with E-state index in [-0.39, 0.29) is 11.5 Å². The number of benzene rings is 1. The minimum Gasteiger partial charge on any atom is -0.484 e. The Bertz CT molecular complexity index is 824. The maximum Gasteiger partial charge on any atom is 0.219 e. The van der Waals surface area contributed by atoms with Gasteiger partial charge in [0.15, 0.2) is 0 Å². The van der Waals surface area contributed by atoms with Crippen LogP contribution in [0.5, 0.6) is 5.75 Å². The highest BCUT2D eigenvalue weighted by atomic mass is 16.5. The minimum atomic E-state index is -0.355. The highest BCUT2D eigenvalue weighted by Gasteiger charge is 2.42. The molecule has 0 saturated carbocycles. The average molecular weight is 365 g/mol. The molecule has 1 aromatic carbocycles. The molecule has 2 aliphatic rings. The topological polar surface area (TPSA) is 45.7 Å². The van der Waals surface area contributed by atoms with Crippen molar-refractivity contribution < 1.29 is 9.53 Å². The number of hydrogen-bond acceptors (Lipinski definition) is 4. The molecule has 5 nitrogen and oxygen atoms in total. The highest BCUT2D eigenvalue weighted by molar-refractivity contribution is 5.73. The lowest BCUT2D eigenvalue weighted by atomic mass is 9.91. The third kappa shape index (κ3) is 3.98. The number of carbonyl (C=O) groups is 1. The Balaban J connectivity index is 1.61. The second-order valence-electron chi connectivity index (χ2n) is 7.95. The zero-order chi connectivity index (χ0) is 18.9. The van der Waals surface area contributed by atoms with Gasteiger partial charge in [0.05, 0.1) is 6.54 Å². The molecule has 1 amide bonds. The minimum absolute atomic E-state index is 0.108. The van der Waals surface area contributed by atoms with E-state index >= 15 is 0 Å². The van der Waals surface area contributed by atoms with Crippen molar-refractivity contribution in [3.05, 3.63) is 59.4 Å². The van der Waals surface area contributed by atoms with Crippen LogP contribution in [0.1, 0.15) is 36.5 Å². The van der Waals surface area contributed by atoms with Gasteiger partial charge in [-0.05, 0) is 44.0 Å². The Kier molecular flexibility index (Phi) is 4.87. The number of carbonyl (C=O) groups excluding carboxylic acids is 1. The second-order valence-corrected chi connectivity index (χ2v) is 7.95. The molecule has 3 heterocycles. The fraction of sp³-hybridized carbons (Fsp3) is 0.455. The van der Waals surface area contributed by atoms with Gasteiger partial charge in [0.25, 0.3) is 0 Å². The Hall–Kier alpha value is -2.40. The number of ether oxygens (including phenoxy) is 1. The van der Waals surface area contributed by atoms with E-state index in [9.17, 15) is 4.79 Å².